The zero-order valence-corrected chi connectivity index (χ0v) is 9.52. The number of nitrogen functional groups attached to an aromatic ring is 1. The highest BCUT2D eigenvalue weighted by atomic mass is 16.1. The molecule has 2 aromatic heterocycles. The van der Waals surface area contributed by atoms with Crippen LogP contribution in [0.15, 0.2) is 11.0 Å². The summed E-state index contributed by atoms with van der Waals surface area (Å²) in [5.74, 6) is 1.41. The molecule has 0 saturated heterocycles. The summed E-state index contributed by atoms with van der Waals surface area (Å²) in [7, 11) is 0. The lowest BCUT2D eigenvalue weighted by Crippen LogP contribution is -2.17. The largest absolute Gasteiger partial charge is 0.368 e. The molecule has 0 spiro atoms. The molecule has 0 atom stereocenters. The van der Waals surface area contributed by atoms with Crippen LogP contribution >= 0.6 is 0 Å². The number of imidazole rings is 1. The van der Waals surface area contributed by atoms with Crippen molar-refractivity contribution in [1.82, 2.24) is 19.6 Å². The van der Waals surface area contributed by atoms with Crippen molar-refractivity contribution in [3.05, 3.63) is 22.4 Å². The molecule has 2 aromatic rings. The molecule has 3 rings (SSSR count). The van der Waals surface area contributed by atoms with Crippen LogP contribution in [0.1, 0.15) is 43.8 Å². The monoisotopic (exact) mass is 233 g/mol. The summed E-state index contributed by atoms with van der Waals surface area (Å²) in [4.78, 5) is 18.5. The van der Waals surface area contributed by atoms with Crippen LogP contribution in [0.4, 0.5) is 5.95 Å². The summed E-state index contributed by atoms with van der Waals surface area (Å²) in [6, 6.07) is 0. The van der Waals surface area contributed by atoms with E-state index in [2.05, 4.69) is 15.1 Å². The second-order valence-electron chi connectivity index (χ2n) is 4.59. The Balaban J connectivity index is 2.13. The highest BCUT2D eigenvalue weighted by Crippen LogP contribution is 2.31. The van der Waals surface area contributed by atoms with Gasteiger partial charge in [0.2, 0.25) is 5.95 Å². The molecular weight excluding hydrogens is 218 g/mol. The molecule has 17 heavy (non-hydrogen) atoms. The predicted molar refractivity (Wildman–Crippen MR) is 63.8 cm³/mol. The van der Waals surface area contributed by atoms with Gasteiger partial charge in [0.1, 0.15) is 5.82 Å². The van der Waals surface area contributed by atoms with Gasteiger partial charge in [0.05, 0.1) is 6.20 Å². The van der Waals surface area contributed by atoms with Crippen LogP contribution in [-0.2, 0) is 0 Å². The zero-order valence-electron chi connectivity index (χ0n) is 9.52. The fraction of sp³-hybridized carbons (Fsp3) is 0.545. The summed E-state index contributed by atoms with van der Waals surface area (Å²) >= 11 is 0. The average Bonchev–Trinajstić information content (AvgIpc) is 2.74. The van der Waals surface area contributed by atoms with Gasteiger partial charge in [-0.1, -0.05) is 19.3 Å². The summed E-state index contributed by atoms with van der Waals surface area (Å²) in [6.45, 7) is 0. The van der Waals surface area contributed by atoms with Crippen molar-refractivity contribution in [3.63, 3.8) is 0 Å². The van der Waals surface area contributed by atoms with Crippen molar-refractivity contribution < 1.29 is 0 Å². The molecule has 6 heteroatoms. The fourth-order valence-corrected chi connectivity index (χ4v) is 2.57. The molecule has 0 amide bonds. The normalized spacial score (nSPS) is 17.6. The Labute approximate surface area is 97.9 Å². The van der Waals surface area contributed by atoms with Crippen molar-refractivity contribution in [2.45, 2.75) is 38.0 Å². The van der Waals surface area contributed by atoms with Gasteiger partial charge >= 0.3 is 0 Å². The van der Waals surface area contributed by atoms with E-state index < -0.39 is 0 Å². The summed E-state index contributed by atoms with van der Waals surface area (Å²) < 4.78 is 1.60. The Morgan fingerprint density at radius 3 is 2.88 bits per heavy atom. The predicted octanol–water partition coefficient (Wildman–Crippen LogP) is 1.05. The minimum absolute atomic E-state index is 0.137. The molecular formula is C11H15N5O. The molecule has 2 heterocycles. The second kappa shape index (κ2) is 3.87. The third-order valence-corrected chi connectivity index (χ3v) is 3.42. The molecule has 1 aliphatic carbocycles. The number of hydrogen-bond donors (Lipinski definition) is 2. The maximum absolute atomic E-state index is 11.7. The van der Waals surface area contributed by atoms with Crippen LogP contribution in [0.5, 0.6) is 0 Å². The first kappa shape index (κ1) is 10.3. The molecule has 0 radical (unpaired) electrons. The second-order valence-corrected chi connectivity index (χ2v) is 4.59. The van der Waals surface area contributed by atoms with Gasteiger partial charge in [-0.05, 0) is 12.8 Å². The minimum atomic E-state index is -0.230. The lowest BCUT2D eigenvalue weighted by Gasteiger charge is -2.19. The van der Waals surface area contributed by atoms with E-state index in [1.807, 2.05) is 0 Å². The molecule has 1 saturated carbocycles. The maximum atomic E-state index is 11.7. The summed E-state index contributed by atoms with van der Waals surface area (Å²) in [6.07, 6.45) is 7.54. The fourth-order valence-electron chi connectivity index (χ4n) is 2.57. The summed E-state index contributed by atoms with van der Waals surface area (Å²) in [5.41, 5.74) is 5.81. The number of aromatic amines is 1. The number of nitrogens with one attached hydrogen (secondary N) is 1. The van der Waals surface area contributed by atoms with E-state index in [0.717, 1.165) is 18.7 Å². The van der Waals surface area contributed by atoms with E-state index in [9.17, 15) is 4.79 Å². The van der Waals surface area contributed by atoms with Gasteiger partial charge in [0.25, 0.3) is 5.56 Å². The Morgan fingerprint density at radius 2 is 2.12 bits per heavy atom. The van der Waals surface area contributed by atoms with Crippen molar-refractivity contribution in [3.8, 4) is 0 Å². The SMILES string of the molecule is Nc1nn2c(C3CCCCC3)ncc2c(=O)[nH]1. The van der Waals surface area contributed by atoms with Gasteiger partial charge in [-0.2, -0.15) is 0 Å². The lowest BCUT2D eigenvalue weighted by atomic mass is 9.89. The number of rotatable bonds is 1. The van der Waals surface area contributed by atoms with Crippen LogP contribution < -0.4 is 11.3 Å². The molecule has 90 valence electrons. The molecule has 0 bridgehead atoms. The molecule has 1 aliphatic rings. The third-order valence-electron chi connectivity index (χ3n) is 3.42. The quantitative estimate of drug-likeness (QED) is 0.770. The Hall–Kier alpha value is -1.85. The Bertz CT molecular complexity index is 593. The number of nitrogens with zero attached hydrogens (tertiary/aromatic N) is 3. The van der Waals surface area contributed by atoms with Crippen LogP contribution in [0, 0.1) is 0 Å². The molecule has 3 N–H and O–H groups in total. The molecule has 0 aliphatic heterocycles. The first-order chi connectivity index (χ1) is 8.25. The highest BCUT2D eigenvalue weighted by molar-refractivity contribution is 5.43. The standard InChI is InChI=1S/C11H15N5O/c12-11-14-10(17)8-6-13-9(16(8)15-11)7-4-2-1-3-5-7/h6-7H,1-5H2,(H3,12,14,15,17). The first-order valence-corrected chi connectivity index (χ1v) is 5.99. The number of H-pyrrole nitrogens is 1. The van der Waals surface area contributed by atoms with Gasteiger partial charge < -0.3 is 5.73 Å². The third kappa shape index (κ3) is 1.69. The molecule has 0 unspecified atom stereocenters. The molecule has 6 nitrogen and oxygen atoms in total. The molecule has 1 fully saturated rings. The van der Waals surface area contributed by atoms with Crippen LogP contribution in [0.3, 0.4) is 0 Å². The van der Waals surface area contributed by atoms with Gasteiger partial charge in [-0.15, -0.1) is 5.10 Å². The van der Waals surface area contributed by atoms with E-state index in [0.29, 0.717) is 11.4 Å². The van der Waals surface area contributed by atoms with E-state index in [4.69, 9.17) is 5.73 Å². The number of anilines is 1. The van der Waals surface area contributed by atoms with Gasteiger partial charge in [-0.3, -0.25) is 9.78 Å². The Morgan fingerprint density at radius 1 is 1.35 bits per heavy atom. The summed E-state index contributed by atoms with van der Waals surface area (Å²) in [5, 5.41) is 4.15. The van der Waals surface area contributed by atoms with Crippen LogP contribution in [0.25, 0.3) is 5.52 Å². The number of fused-ring (bicyclic) bond motifs is 1. The van der Waals surface area contributed by atoms with Crippen molar-refractivity contribution in [2.75, 3.05) is 5.73 Å². The van der Waals surface area contributed by atoms with Crippen molar-refractivity contribution in [2.24, 2.45) is 0 Å². The van der Waals surface area contributed by atoms with E-state index in [-0.39, 0.29) is 11.5 Å². The van der Waals surface area contributed by atoms with Gasteiger partial charge in [0, 0.05) is 5.92 Å². The van der Waals surface area contributed by atoms with Crippen LogP contribution in [-0.4, -0.2) is 19.6 Å². The first-order valence-electron chi connectivity index (χ1n) is 5.99. The van der Waals surface area contributed by atoms with Crippen molar-refractivity contribution in [1.29, 1.82) is 0 Å². The van der Waals surface area contributed by atoms with Gasteiger partial charge in [-0.25, -0.2) is 9.50 Å². The van der Waals surface area contributed by atoms with Crippen LogP contribution in [0.2, 0.25) is 0 Å². The maximum Gasteiger partial charge on any atom is 0.278 e. The topological polar surface area (TPSA) is 89.1 Å². The smallest absolute Gasteiger partial charge is 0.278 e. The lowest BCUT2D eigenvalue weighted by molar-refractivity contribution is 0.424. The molecule has 0 aromatic carbocycles. The Kier molecular flexibility index (Phi) is 2.35. The minimum Gasteiger partial charge on any atom is -0.368 e. The number of nitrogens with two attached hydrogens (primary N) is 1. The number of hydrogen-bond acceptors (Lipinski definition) is 4. The van der Waals surface area contributed by atoms with E-state index >= 15 is 0 Å². The van der Waals surface area contributed by atoms with Gasteiger partial charge in [0.15, 0.2) is 5.52 Å². The van der Waals surface area contributed by atoms with E-state index in [1.54, 1.807) is 10.7 Å². The van der Waals surface area contributed by atoms with Crippen molar-refractivity contribution >= 4 is 11.5 Å². The zero-order chi connectivity index (χ0) is 11.8. The average molecular weight is 233 g/mol. The van der Waals surface area contributed by atoms with E-state index in [1.165, 1.54) is 19.3 Å². The highest BCUT2D eigenvalue weighted by Gasteiger charge is 2.21. The number of aromatic nitrogens is 4.